The molecule has 0 radical (unpaired) electrons. The molecule has 3 nitrogen and oxygen atoms in total. The molecule has 0 saturated carbocycles. The van der Waals surface area contributed by atoms with Crippen LogP contribution in [0.2, 0.25) is 5.02 Å². The summed E-state index contributed by atoms with van der Waals surface area (Å²) >= 11 is 5.99. The Hall–Kier alpha value is -1.58. The zero-order valence-electron chi connectivity index (χ0n) is 10.6. The monoisotopic (exact) mass is 273 g/mol. The van der Waals surface area contributed by atoms with E-state index < -0.39 is 0 Å². The molecule has 0 saturated heterocycles. The smallest absolute Gasteiger partial charge is 0.0592 e. The Morgan fingerprint density at radius 1 is 1.32 bits per heavy atom. The van der Waals surface area contributed by atoms with E-state index in [0.717, 1.165) is 25.1 Å². The van der Waals surface area contributed by atoms with Gasteiger partial charge in [-0.2, -0.15) is 0 Å². The van der Waals surface area contributed by atoms with Crippen LogP contribution in [0.25, 0.3) is 0 Å². The van der Waals surface area contributed by atoms with Gasteiger partial charge in [-0.15, -0.1) is 0 Å². The molecule has 1 unspecified atom stereocenters. The molecule has 1 aromatic heterocycles. The van der Waals surface area contributed by atoms with E-state index in [1.165, 1.54) is 11.3 Å². The van der Waals surface area contributed by atoms with E-state index in [1.807, 2.05) is 12.3 Å². The van der Waals surface area contributed by atoms with E-state index in [2.05, 4.69) is 34.1 Å². The first-order chi connectivity index (χ1) is 9.22. The summed E-state index contributed by atoms with van der Waals surface area (Å²) < 4.78 is 0. The Labute approximate surface area is 118 Å². The number of anilines is 1. The molecule has 1 aliphatic heterocycles. The Morgan fingerprint density at radius 2 is 2.16 bits per heavy atom. The normalized spacial score (nSPS) is 18.2. The maximum absolute atomic E-state index is 6.14. The van der Waals surface area contributed by atoms with Crippen molar-refractivity contribution in [2.45, 2.75) is 19.0 Å². The molecule has 0 amide bonds. The van der Waals surface area contributed by atoms with Crippen molar-refractivity contribution in [3.05, 3.63) is 58.9 Å². The number of rotatable bonds is 2. The molecule has 2 aromatic rings. The zero-order valence-corrected chi connectivity index (χ0v) is 11.3. The molecule has 2 heterocycles. The minimum Gasteiger partial charge on any atom is -0.365 e. The number of hydrogen-bond donors (Lipinski definition) is 1. The van der Waals surface area contributed by atoms with Crippen molar-refractivity contribution in [1.29, 1.82) is 0 Å². The predicted molar refractivity (Wildman–Crippen MR) is 78.4 cm³/mol. The molecule has 0 aliphatic carbocycles. The third-order valence-corrected chi connectivity index (χ3v) is 3.61. The molecule has 3 rings (SSSR count). The standard InChI is InChI=1S/C15H16ClN3/c16-13-5-11(7-18-8-13)9-19-10-14(17)6-12-3-1-2-4-15(12)19/h1-5,7-8,14H,6,9-10,17H2. The maximum atomic E-state index is 6.14. The highest BCUT2D eigenvalue weighted by molar-refractivity contribution is 6.30. The fourth-order valence-electron chi connectivity index (χ4n) is 2.63. The Bertz CT molecular complexity index is 585. The van der Waals surface area contributed by atoms with Gasteiger partial charge in [-0.25, -0.2) is 0 Å². The van der Waals surface area contributed by atoms with Gasteiger partial charge in [-0.3, -0.25) is 4.98 Å². The molecule has 0 spiro atoms. The summed E-state index contributed by atoms with van der Waals surface area (Å²) in [6, 6.07) is 10.6. The van der Waals surface area contributed by atoms with Gasteiger partial charge in [0.1, 0.15) is 0 Å². The van der Waals surface area contributed by atoms with Gasteiger partial charge >= 0.3 is 0 Å². The molecule has 1 aromatic carbocycles. The molecule has 98 valence electrons. The Kier molecular flexibility index (Phi) is 3.40. The average molecular weight is 274 g/mol. The van der Waals surface area contributed by atoms with Crippen molar-refractivity contribution in [3.8, 4) is 0 Å². The van der Waals surface area contributed by atoms with E-state index in [4.69, 9.17) is 17.3 Å². The SMILES string of the molecule is NC1Cc2ccccc2N(Cc2cncc(Cl)c2)C1. The van der Waals surface area contributed by atoms with Crippen LogP contribution < -0.4 is 10.6 Å². The lowest BCUT2D eigenvalue weighted by Crippen LogP contribution is -2.42. The van der Waals surface area contributed by atoms with Crippen molar-refractivity contribution in [3.63, 3.8) is 0 Å². The van der Waals surface area contributed by atoms with Crippen molar-refractivity contribution in [1.82, 2.24) is 4.98 Å². The summed E-state index contributed by atoms with van der Waals surface area (Å²) in [6.45, 7) is 1.65. The Balaban J connectivity index is 1.89. The quantitative estimate of drug-likeness (QED) is 0.915. The van der Waals surface area contributed by atoms with Crippen molar-refractivity contribution < 1.29 is 0 Å². The molecule has 4 heteroatoms. The van der Waals surface area contributed by atoms with E-state index in [9.17, 15) is 0 Å². The van der Waals surface area contributed by atoms with Crippen LogP contribution in [0.4, 0.5) is 5.69 Å². The lowest BCUT2D eigenvalue weighted by Gasteiger charge is -2.34. The molecule has 2 N–H and O–H groups in total. The largest absolute Gasteiger partial charge is 0.365 e. The molecule has 0 bridgehead atoms. The Morgan fingerprint density at radius 3 is 3.00 bits per heavy atom. The van der Waals surface area contributed by atoms with Gasteiger partial charge < -0.3 is 10.6 Å². The minimum absolute atomic E-state index is 0.182. The molecule has 1 atom stereocenters. The first-order valence-electron chi connectivity index (χ1n) is 6.40. The molecule has 19 heavy (non-hydrogen) atoms. The van der Waals surface area contributed by atoms with E-state index in [1.54, 1.807) is 6.20 Å². The van der Waals surface area contributed by atoms with E-state index >= 15 is 0 Å². The first kappa shape index (κ1) is 12.5. The third kappa shape index (κ3) is 2.72. The second-order valence-electron chi connectivity index (χ2n) is 4.98. The maximum Gasteiger partial charge on any atom is 0.0592 e. The highest BCUT2D eigenvalue weighted by Gasteiger charge is 2.21. The number of halogens is 1. The number of para-hydroxylation sites is 1. The number of pyridine rings is 1. The van der Waals surface area contributed by atoms with Gasteiger partial charge in [0.2, 0.25) is 0 Å². The van der Waals surface area contributed by atoms with Gasteiger partial charge in [0.15, 0.2) is 0 Å². The predicted octanol–water partition coefficient (Wildman–Crippen LogP) is 2.63. The average Bonchev–Trinajstić information content (AvgIpc) is 2.38. The third-order valence-electron chi connectivity index (χ3n) is 3.40. The summed E-state index contributed by atoms with van der Waals surface area (Å²) in [6.07, 6.45) is 4.45. The lowest BCUT2D eigenvalue weighted by atomic mass is 9.98. The topological polar surface area (TPSA) is 42.1 Å². The summed E-state index contributed by atoms with van der Waals surface area (Å²) in [4.78, 5) is 6.44. The van der Waals surface area contributed by atoms with Crippen molar-refractivity contribution in [2.75, 3.05) is 11.4 Å². The number of nitrogens with two attached hydrogens (primary N) is 1. The minimum atomic E-state index is 0.182. The van der Waals surface area contributed by atoms with E-state index in [0.29, 0.717) is 5.02 Å². The van der Waals surface area contributed by atoms with Gasteiger partial charge in [0.25, 0.3) is 0 Å². The van der Waals surface area contributed by atoms with E-state index in [-0.39, 0.29) is 6.04 Å². The van der Waals surface area contributed by atoms with Gasteiger partial charge in [0.05, 0.1) is 5.02 Å². The van der Waals surface area contributed by atoms with Crippen LogP contribution in [-0.2, 0) is 13.0 Å². The van der Waals surface area contributed by atoms with Gasteiger partial charge in [0, 0.05) is 37.2 Å². The summed E-state index contributed by atoms with van der Waals surface area (Å²) in [5, 5.41) is 0.673. The first-order valence-corrected chi connectivity index (χ1v) is 6.78. The van der Waals surface area contributed by atoms with Crippen molar-refractivity contribution >= 4 is 17.3 Å². The van der Waals surface area contributed by atoms with Crippen molar-refractivity contribution in [2.24, 2.45) is 5.73 Å². The van der Waals surface area contributed by atoms with Crippen LogP contribution >= 0.6 is 11.6 Å². The lowest BCUT2D eigenvalue weighted by molar-refractivity contribution is 0.598. The van der Waals surface area contributed by atoms with Crippen LogP contribution in [0.1, 0.15) is 11.1 Å². The van der Waals surface area contributed by atoms with Crippen LogP contribution in [-0.4, -0.2) is 17.6 Å². The van der Waals surface area contributed by atoms with Crippen LogP contribution in [0, 0.1) is 0 Å². The highest BCUT2D eigenvalue weighted by atomic mass is 35.5. The van der Waals surface area contributed by atoms with Crippen LogP contribution in [0.5, 0.6) is 0 Å². The van der Waals surface area contributed by atoms with Gasteiger partial charge in [-0.05, 0) is 29.7 Å². The molecular weight excluding hydrogens is 258 g/mol. The molecular formula is C15H16ClN3. The second-order valence-corrected chi connectivity index (χ2v) is 5.42. The number of aromatic nitrogens is 1. The summed E-state index contributed by atoms with van der Waals surface area (Å²) in [7, 11) is 0. The number of nitrogens with zero attached hydrogens (tertiary/aromatic N) is 2. The molecule has 1 aliphatic rings. The zero-order chi connectivity index (χ0) is 13.2. The van der Waals surface area contributed by atoms with Crippen LogP contribution in [0.15, 0.2) is 42.7 Å². The summed E-state index contributed by atoms with van der Waals surface area (Å²) in [5.41, 5.74) is 9.83. The van der Waals surface area contributed by atoms with Crippen LogP contribution in [0.3, 0.4) is 0 Å². The fraction of sp³-hybridized carbons (Fsp3) is 0.267. The molecule has 0 fully saturated rings. The summed E-state index contributed by atoms with van der Waals surface area (Å²) in [5.74, 6) is 0. The number of fused-ring (bicyclic) bond motifs is 1. The number of hydrogen-bond acceptors (Lipinski definition) is 3. The number of benzene rings is 1. The van der Waals surface area contributed by atoms with Gasteiger partial charge in [-0.1, -0.05) is 29.8 Å². The fourth-order valence-corrected chi connectivity index (χ4v) is 2.83. The highest BCUT2D eigenvalue weighted by Crippen LogP contribution is 2.27. The second kappa shape index (κ2) is 5.19.